The van der Waals surface area contributed by atoms with E-state index in [0.717, 1.165) is 29.6 Å². The molecule has 1 fully saturated rings. The Bertz CT molecular complexity index is 626. The number of nitrogens with zero attached hydrogens (tertiary/aromatic N) is 2. The standard InChI is InChI=1S/C17H26F3N5OS/c1-21-16(23-7-6-15-25-13(11-27-15)17(18,19)20)24-9-8-22-14(26)10-12-4-2-3-5-12/h11-12H,2-10H2,1H3,(H,22,26)(H2,21,23,24). The number of halogens is 3. The Morgan fingerprint density at radius 3 is 2.52 bits per heavy atom. The Kier molecular flexibility index (Phi) is 8.33. The maximum Gasteiger partial charge on any atom is 0.434 e. The van der Waals surface area contributed by atoms with Gasteiger partial charge in [-0.1, -0.05) is 12.8 Å². The van der Waals surface area contributed by atoms with Gasteiger partial charge in [0.15, 0.2) is 11.7 Å². The normalized spacial score (nSPS) is 15.8. The number of guanidine groups is 1. The van der Waals surface area contributed by atoms with Crippen LogP contribution in [-0.2, 0) is 17.4 Å². The Hall–Kier alpha value is -1.84. The van der Waals surface area contributed by atoms with Crippen molar-refractivity contribution in [2.45, 2.75) is 44.7 Å². The molecule has 152 valence electrons. The van der Waals surface area contributed by atoms with E-state index in [0.29, 0.717) is 49.4 Å². The summed E-state index contributed by atoms with van der Waals surface area (Å²) in [4.78, 5) is 19.5. The molecule has 0 aliphatic heterocycles. The van der Waals surface area contributed by atoms with Crippen LogP contribution in [0.5, 0.6) is 0 Å². The van der Waals surface area contributed by atoms with Crippen LogP contribution in [-0.4, -0.2) is 43.5 Å². The smallest absolute Gasteiger partial charge is 0.356 e. The van der Waals surface area contributed by atoms with Gasteiger partial charge in [0.05, 0.1) is 5.01 Å². The molecule has 1 aromatic rings. The molecular weight excluding hydrogens is 379 g/mol. The van der Waals surface area contributed by atoms with Crippen molar-refractivity contribution in [3.05, 3.63) is 16.1 Å². The first-order chi connectivity index (χ1) is 12.9. The monoisotopic (exact) mass is 405 g/mol. The third-order valence-corrected chi connectivity index (χ3v) is 5.29. The van der Waals surface area contributed by atoms with Crippen LogP contribution in [0.15, 0.2) is 10.4 Å². The van der Waals surface area contributed by atoms with Crippen LogP contribution < -0.4 is 16.0 Å². The molecule has 1 heterocycles. The molecule has 0 aromatic carbocycles. The minimum Gasteiger partial charge on any atom is -0.356 e. The van der Waals surface area contributed by atoms with E-state index < -0.39 is 11.9 Å². The van der Waals surface area contributed by atoms with Gasteiger partial charge in [0.2, 0.25) is 5.91 Å². The number of alkyl halides is 3. The minimum atomic E-state index is -4.40. The molecule has 2 rings (SSSR count). The van der Waals surface area contributed by atoms with Crippen molar-refractivity contribution in [2.75, 3.05) is 26.7 Å². The van der Waals surface area contributed by atoms with Crippen LogP contribution in [0.25, 0.3) is 0 Å². The van der Waals surface area contributed by atoms with Crippen molar-refractivity contribution < 1.29 is 18.0 Å². The molecule has 1 aliphatic rings. The van der Waals surface area contributed by atoms with Crippen LogP contribution in [0.4, 0.5) is 13.2 Å². The fourth-order valence-electron chi connectivity index (χ4n) is 3.00. The van der Waals surface area contributed by atoms with Gasteiger partial charge in [0.1, 0.15) is 0 Å². The van der Waals surface area contributed by atoms with Gasteiger partial charge in [-0.3, -0.25) is 9.79 Å². The van der Waals surface area contributed by atoms with Gasteiger partial charge in [-0.25, -0.2) is 4.98 Å². The van der Waals surface area contributed by atoms with Gasteiger partial charge >= 0.3 is 6.18 Å². The predicted molar refractivity (Wildman–Crippen MR) is 99.8 cm³/mol. The van der Waals surface area contributed by atoms with Crippen LogP contribution in [0, 0.1) is 5.92 Å². The van der Waals surface area contributed by atoms with E-state index in [2.05, 4.69) is 25.9 Å². The van der Waals surface area contributed by atoms with Crippen molar-refractivity contribution in [2.24, 2.45) is 10.9 Å². The lowest BCUT2D eigenvalue weighted by molar-refractivity contribution is -0.140. The quantitative estimate of drug-likeness (QED) is 0.353. The first kappa shape index (κ1) is 21.5. The fraction of sp³-hybridized carbons (Fsp3) is 0.706. The molecular formula is C17H26F3N5OS. The summed E-state index contributed by atoms with van der Waals surface area (Å²) in [6.45, 7) is 1.43. The zero-order valence-electron chi connectivity index (χ0n) is 15.4. The van der Waals surface area contributed by atoms with Crippen molar-refractivity contribution in [3.63, 3.8) is 0 Å². The number of carbonyl (C=O) groups is 1. The lowest BCUT2D eigenvalue weighted by atomic mass is 10.0. The number of aromatic nitrogens is 1. The molecule has 27 heavy (non-hydrogen) atoms. The van der Waals surface area contributed by atoms with Crippen LogP contribution in [0.2, 0.25) is 0 Å². The van der Waals surface area contributed by atoms with E-state index in [4.69, 9.17) is 0 Å². The molecule has 6 nitrogen and oxygen atoms in total. The SMILES string of the molecule is CN=C(NCCNC(=O)CC1CCCC1)NCCc1nc(C(F)(F)F)cs1. The Morgan fingerprint density at radius 1 is 1.22 bits per heavy atom. The molecule has 0 spiro atoms. The van der Waals surface area contributed by atoms with Crippen LogP contribution >= 0.6 is 11.3 Å². The molecule has 0 bridgehead atoms. The van der Waals surface area contributed by atoms with Crippen molar-refractivity contribution >= 4 is 23.2 Å². The maximum atomic E-state index is 12.5. The number of thiazole rings is 1. The number of aliphatic imine (C=N–C) groups is 1. The lowest BCUT2D eigenvalue weighted by Crippen LogP contribution is -2.42. The van der Waals surface area contributed by atoms with Gasteiger partial charge in [0, 0.05) is 44.9 Å². The second kappa shape index (κ2) is 10.5. The highest BCUT2D eigenvalue weighted by molar-refractivity contribution is 7.09. The zero-order valence-corrected chi connectivity index (χ0v) is 16.2. The van der Waals surface area contributed by atoms with E-state index in [1.165, 1.54) is 12.8 Å². The highest BCUT2D eigenvalue weighted by Gasteiger charge is 2.33. The van der Waals surface area contributed by atoms with Gasteiger partial charge in [-0.2, -0.15) is 13.2 Å². The van der Waals surface area contributed by atoms with Crippen molar-refractivity contribution in [3.8, 4) is 0 Å². The number of hydrogen-bond acceptors (Lipinski definition) is 4. The summed E-state index contributed by atoms with van der Waals surface area (Å²) < 4.78 is 37.6. The zero-order chi connectivity index (χ0) is 19.7. The Labute approximate surface area is 161 Å². The average Bonchev–Trinajstić information content (AvgIpc) is 3.28. The predicted octanol–water partition coefficient (Wildman–Crippen LogP) is 2.57. The number of nitrogens with one attached hydrogen (secondary N) is 3. The number of rotatable bonds is 8. The number of carbonyl (C=O) groups excluding carboxylic acids is 1. The number of amides is 1. The fourth-order valence-corrected chi connectivity index (χ4v) is 3.80. The minimum absolute atomic E-state index is 0.0795. The molecule has 1 amide bonds. The largest absolute Gasteiger partial charge is 0.434 e. The van der Waals surface area contributed by atoms with Crippen LogP contribution in [0.3, 0.4) is 0 Å². The lowest BCUT2D eigenvalue weighted by Gasteiger charge is -2.13. The Morgan fingerprint density at radius 2 is 1.89 bits per heavy atom. The summed E-state index contributed by atoms with van der Waals surface area (Å²) in [5.41, 5.74) is -0.849. The summed E-state index contributed by atoms with van der Waals surface area (Å²) in [6.07, 6.45) is 1.31. The summed E-state index contributed by atoms with van der Waals surface area (Å²) in [5.74, 6) is 1.14. The molecule has 10 heteroatoms. The molecule has 1 aliphatic carbocycles. The third kappa shape index (κ3) is 7.74. The second-order valence-electron chi connectivity index (χ2n) is 6.50. The van der Waals surface area contributed by atoms with Crippen molar-refractivity contribution in [1.82, 2.24) is 20.9 Å². The summed E-state index contributed by atoms with van der Waals surface area (Å²) in [7, 11) is 1.61. The number of hydrogen-bond donors (Lipinski definition) is 3. The second-order valence-corrected chi connectivity index (χ2v) is 7.45. The first-order valence-electron chi connectivity index (χ1n) is 9.11. The maximum absolute atomic E-state index is 12.5. The molecule has 0 atom stereocenters. The molecule has 0 unspecified atom stereocenters. The highest BCUT2D eigenvalue weighted by Crippen LogP contribution is 2.30. The molecule has 1 saturated carbocycles. The molecule has 0 radical (unpaired) electrons. The van der Waals surface area contributed by atoms with E-state index >= 15 is 0 Å². The van der Waals surface area contributed by atoms with Crippen molar-refractivity contribution in [1.29, 1.82) is 0 Å². The van der Waals surface area contributed by atoms with Gasteiger partial charge in [-0.05, 0) is 18.8 Å². The van der Waals surface area contributed by atoms with Crippen LogP contribution in [0.1, 0.15) is 42.8 Å². The third-order valence-electron chi connectivity index (χ3n) is 4.39. The van der Waals surface area contributed by atoms with E-state index in [9.17, 15) is 18.0 Å². The van der Waals surface area contributed by atoms with Gasteiger partial charge in [-0.15, -0.1) is 11.3 Å². The molecule has 0 saturated heterocycles. The average molecular weight is 405 g/mol. The summed E-state index contributed by atoms with van der Waals surface area (Å²) in [5, 5.41) is 10.4. The van der Waals surface area contributed by atoms with E-state index in [1.807, 2.05) is 0 Å². The highest BCUT2D eigenvalue weighted by atomic mass is 32.1. The Balaban J connectivity index is 1.58. The van der Waals surface area contributed by atoms with Gasteiger partial charge < -0.3 is 16.0 Å². The summed E-state index contributed by atoms with van der Waals surface area (Å²) in [6, 6.07) is 0. The molecule has 3 N–H and O–H groups in total. The topological polar surface area (TPSA) is 78.4 Å². The van der Waals surface area contributed by atoms with Gasteiger partial charge in [0.25, 0.3) is 0 Å². The first-order valence-corrected chi connectivity index (χ1v) is 9.99. The molecule has 1 aromatic heterocycles. The summed E-state index contributed by atoms with van der Waals surface area (Å²) >= 11 is 0.994. The van der Waals surface area contributed by atoms with E-state index in [-0.39, 0.29) is 5.91 Å². The van der Waals surface area contributed by atoms with E-state index in [1.54, 1.807) is 7.05 Å².